The second kappa shape index (κ2) is 4.53. The van der Waals surface area contributed by atoms with Crippen LogP contribution < -0.4 is 0 Å². The molecule has 70 valence electrons. The van der Waals surface area contributed by atoms with Gasteiger partial charge in [-0.2, -0.15) is 12.6 Å². The summed E-state index contributed by atoms with van der Waals surface area (Å²) in [6.45, 7) is 0. The molecule has 0 heterocycles. The summed E-state index contributed by atoms with van der Waals surface area (Å²) in [6.07, 6.45) is 0.412. The van der Waals surface area contributed by atoms with Crippen molar-refractivity contribution in [1.29, 1.82) is 0 Å². The van der Waals surface area contributed by atoms with Crippen LogP contribution in [-0.4, -0.2) is 16.3 Å². The number of carboxylic acid groups (broad SMARTS) is 1. The van der Waals surface area contributed by atoms with Gasteiger partial charge in [-0.15, -0.1) is 0 Å². The third kappa shape index (κ3) is 3.28. The SMILES string of the molecule is O=C(O)[C@@H](S)Cc1ccc(Cl)cc1. The molecule has 13 heavy (non-hydrogen) atoms. The molecule has 1 aromatic carbocycles. The molecule has 1 aromatic rings. The number of hydrogen-bond donors (Lipinski definition) is 2. The Labute approximate surface area is 86.9 Å². The summed E-state index contributed by atoms with van der Waals surface area (Å²) in [5, 5.41) is 8.59. The lowest BCUT2D eigenvalue weighted by Crippen LogP contribution is -2.15. The van der Waals surface area contributed by atoms with Gasteiger partial charge in [0.25, 0.3) is 0 Å². The molecule has 0 bridgehead atoms. The predicted octanol–water partition coefficient (Wildman–Crippen LogP) is 2.27. The zero-order chi connectivity index (χ0) is 9.84. The molecule has 0 unspecified atom stereocenters. The summed E-state index contributed by atoms with van der Waals surface area (Å²) in [4.78, 5) is 10.5. The van der Waals surface area contributed by atoms with Crippen LogP contribution in [0.2, 0.25) is 5.02 Å². The van der Waals surface area contributed by atoms with E-state index in [-0.39, 0.29) is 0 Å². The summed E-state index contributed by atoms with van der Waals surface area (Å²) in [5.74, 6) is -0.904. The van der Waals surface area contributed by atoms with E-state index in [1.807, 2.05) is 0 Å². The molecule has 4 heteroatoms. The van der Waals surface area contributed by atoms with Crippen molar-refractivity contribution in [2.45, 2.75) is 11.7 Å². The monoisotopic (exact) mass is 216 g/mol. The van der Waals surface area contributed by atoms with Crippen LogP contribution in [0.1, 0.15) is 5.56 Å². The number of carbonyl (C=O) groups is 1. The topological polar surface area (TPSA) is 37.3 Å². The molecule has 0 aliphatic heterocycles. The van der Waals surface area contributed by atoms with Crippen molar-refractivity contribution in [2.75, 3.05) is 0 Å². The highest BCUT2D eigenvalue weighted by Crippen LogP contribution is 2.12. The van der Waals surface area contributed by atoms with Gasteiger partial charge in [-0.1, -0.05) is 23.7 Å². The molecule has 0 saturated heterocycles. The number of aliphatic carboxylic acids is 1. The number of benzene rings is 1. The Balaban J connectivity index is 2.64. The van der Waals surface area contributed by atoms with Crippen LogP contribution in [0, 0.1) is 0 Å². The van der Waals surface area contributed by atoms with E-state index in [4.69, 9.17) is 16.7 Å². The van der Waals surface area contributed by atoms with E-state index < -0.39 is 11.2 Å². The maximum Gasteiger partial charge on any atom is 0.316 e. The summed E-state index contributed by atoms with van der Waals surface area (Å²) in [7, 11) is 0. The fourth-order valence-electron chi connectivity index (χ4n) is 0.931. The van der Waals surface area contributed by atoms with Crippen molar-refractivity contribution in [3.05, 3.63) is 34.9 Å². The number of rotatable bonds is 3. The number of carboxylic acids is 1. The third-order valence-electron chi connectivity index (χ3n) is 1.63. The smallest absolute Gasteiger partial charge is 0.316 e. The second-order valence-corrected chi connectivity index (χ2v) is 3.74. The van der Waals surface area contributed by atoms with Crippen molar-refractivity contribution < 1.29 is 9.90 Å². The quantitative estimate of drug-likeness (QED) is 0.761. The second-order valence-electron chi connectivity index (χ2n) is 2.68. The van der Waals surface area contributed by atoms with Gasteiger partial charge in [-0.05, 0) is 24.1 Å². The standard InChI is InChI=1S/C9H9ClO2S/c10-7-3-1-6(2-4-7)5-8(13)9(11)12/h1-4,8,13H,5H2,(H,11,12)/t8-/m0/s1. The normalized spacial score (nSPS) is 12.5. The largest absolute Gasteiger partial charge is 0.480 e. The van der Waals surface area contributed by atoms with Gasteiger partial charge < -0.3 is 5.11 Å². The zero-order valence-corrected chi connectivity index (χ0v) is 8.42. The highest BCUT2D eigenvalue weighted by molar-refractivity contribution is 7.81. The van der Waals surface area contributed by atoms with E-state index in [1.165, 1.54) is 0 Å². The van der Waals surface area contributed by atoms with Crippen molar-refractivity contribution >= 4 is 30.2 Å². The molecular weight excluding hydrogens is 208 g/mol. The summed E-state index contributed by atoms with van der Waals surface area (Å²) in [6, 6.07) is 7.07. The zero-order valence-electron chi connectivity index (χ0n) is 6.77. The predicted molar refractivity (Wildman–Crippen MR) is 55.6 cm³/mol. The van der Waals surface area contributed by atoms with Gasteiger partial charge >= 0.3 is 5.97 Å². The maximum atomic E-state index is 10.5. The lowest BCUT2D eigenvalue weighted by atomic mass is 10.1. The van der Waals surface area contributed by atoms with Gasteiger partial charge in [-0.3, -0.25) is 4.79 Å². The Morgan fingerprint density at radius 2 is 2.00 bits per heavy atom. The first-order chi connectivity index (χ1) is 6.09. The fourth-order valence-corrected chi connectivity index (χ4v) is 1.27. The Kier molecular flexibility index (Phi) is 3.63. The first-order valence-electron chi connectivity index (χ1n) is 3.75. The number of halogens is 1. The maximum absolute atomic E-state index is 10.5. The number of thiol groups is 1. The first kappa shape index (κ1) is 10.4. The van der Waals surface area contributed by atoms with Crippen molar-refractivity contribution in [2.24, 2.45) is 0 Å². The Morgan fingerprint density at radius 3 is 2.46 bits per heavy atom. The molecule has 0 aromatic heterocycles. The Morgan fingerprint density at radius 1 is 1.46 bits per heavy atom. The van der Waals surface area contributed by atoms with Crippen LogP contribution >= 0.6 is 24.2 Å². The van der Waals surface area contributed by atoms with Crippen LogP contribution in [0.25, 0.3) is 0 Å². The Hall–Kier alpha value is -0.670. The minimum absolute atomic E-state index is 0.412. The van der Waals surface area contributed by atoms with Gasteiger partial charge in [-0.25, -0.2) is 0 Å². The molecule has 0 aliphatic rings. The first-order valence-corrected chi connectivity index (χ1v) is 4.64. The van der Waals surface area contributed by atoms with Gasteiger partial charge in [0.2, 0.25) is 0 Å². The summed E-state index contributed by atoms with van der Waals surface area (Å²) in [5.41, 5.74) is 0.923. The van der Waals surface area contributed by atoms with E-state index in [0.29, 0.717) is 11.4 Å². The van der Waals surface area contributed by atoms with Crippen molar-refractivity contribution in [3.63, 3.8) is 0 Å². The van der Waals surface area contributed by atoms with E-state index in [1.54, 1.807) is 24.3 Å². The molecular formula is C9H9ClO2S. The number of hydrogen-bond acceptors (Lipinski definition) is 2. The van der Waals surface area contributed by atoms with Crippen LogP contribution in [0.3, 0.4) is 0 Å². The fraction of sp³-hybridized carbons (Fsp3) is 0.222. The van der Waals surface area contributed by atoms with E-state index in [0.717, 1.165) is 5.56 Å². The molecule has 0 saturated carbocycles. The Bertz CT molecular complexity index is 297. The van der Waals surface area contributed by atoms with Gasteiger partial charge in [0, 0.05) is 5.02 Å². The minimum atomic E-state index is -0.904. The lowest BCUT2D eigenvalue weighted by molar-refractivity contribution is -0.136. The minimum Gasteiger partial charge on any atom is -0.480 e. The molecule has 1 atom stereocenters. The average Bonchev–Trinajstić information content (AvgIpc) is 2.08. The van der Waals surface area contributed by atoms with Gasteiger partial charge in [0.05, 0.1) is 0 Å². The molecule has 2 nitrogen and oxygen atoms in total. The van der Waals surface area contributed by atoms with Crippen LogP contribution in [0.5, 0.6) is 0 Å². The third-order valence-corrected chi connectivity index (χ3v) is 2.28. The van der Waals surface area contributed by atoms with E-state index >= 15 is 0 Å². The molecule has 0 radical (unpaired) electrons. The van der Waals surface area contributed by atoms with Crippen LogP contribution in [0.15, 0.2) is 24.3 Å². The lowest BCUT2D eigenvalue weighted by Gasteiger charge is -2.04. The van der Waals surface area contributed by atoms with E-state index in [2.05, 4.69) is 12.6 Å². The van der Waals surface area contributed by atoms with Gasteiger partial charge in [0.1, 0.15) is 5.25 Å². The molecule has 0 spiro atoms. The molecule has 0 fully saturated rings. The molecule has 0 amide bonds. The highest BCUT2D eigenvalue weighted by Gasteiger charge is 2.11. The highest BCUT2D eigenvalue weighted by atomic mass is 35.5. The average molecular weight is 217 g/mol. The van der Waals surface area contributed by atoms with Crippen LogP contribution in [0.4, 0.5) is 0 Å². The molecule has 1 rings (SSSR count). The van der Waals surface area contributed by atoms with Crippen LogP contribution in [-0.2, 0) is 11.2 Å². The molecule has 1 N–H and O–H groups in total. The summed E-state index contributed by atoms with van der Waals surface area (Å²) >= 11 is 9.61. The molecule has 0 aliphatic carbocycles. The van der Waals surface area contributed by atoms with E-state index in [9.17, 15) is 4.79 Å². The van der Waals surface area contributed by atoms with Gasteiger partial charge in [0.15, 0.2) is 0 Å². The summed E-state index contributed by atoms with van der Waals surface area (Å²) < 4.78 is 0. The van der Waals surface area contributed by atoms with Crippen molar-refractivity contribution in [1.82, 2.24) is 0 Å². The van der Waals surface area contributed by atoms with Crippen molar-refractivity contribution in [3.8, 4) is 0 Å².